The largest absolute Gasteiger partial charge is 0.366 e. The highest BCUT2D eigenvalue weighted by atomic mass is 16.1. The lowest BCUT2D eigenvalue weighted by Gasteiger charge is -2.04. The Balaban J connectivity index is 2.18. The number of pyridine rings is 3. The van der Waals surface area contributed by atoms with Crippen LogP contribution in [0.3, 0.4) is 0 Å². The van der Waals surface area contributed by atoms with E-state index in [4.69, 9.17) is 0 Å². The summed E-state index contributed by atoms with van der Waals surface area (Å²) in [4.78, 5) is 23.6. The Morgan fingerprint density at radius 2 is 1.37 bits per heavy atom. The minimum Gasteiger partial charge on any atom is -0.366 e. The van der Waals surface area contributed by atoms with Gasteiger partial charge in [0.15, 0.2) is 5.43 Å². The van der Waals surface area contributed by atoms with Crippen LogP contribution in [-0.4, -0.2) is 15.0 Å². The number of aromatic nitrogens is 3. The van der Waals surface area contributed by atoms with Crippen molar-refractivity contribution >= 4 is 0 Å². The van der Waals surface area contributed by atoms with Gasteiger partial charge in [0, 0.05) is 59.4 Å². The second kappa shape index (κ2) is 4.86. The van der Waals surface area contributed by atoms with Crippen LogP contribution in [-0.2, 0) is 0 Å². The number of hydrogen-bond acceptors (Lipinski definition) is 3. The van der Waals surface area contributed by atoms with Gasteiger partial charge in [-0.25, -0.2) is 0 Å². The number of H-pyrrole nitrogens is 1. The second-order valence-electron chi connectivity index (χ2n) is 4.10. The zero-order valence-electron chi connectivity index (χ0n) is 10.1. The van der Waals surface area contributed by atoms with E-state index >= 15 is 0 Å². The predicted octanol–water partition coefficient (Wildman–Crippen LogP) is 2.50. The number of nitrogens with one attached hydrogen (secondary N) is 1. The van der Waals surface area contributed by atoms with Gasteiger partial charge in [0.1, 0.15) is 0 Å². The Morgan fingerprint density at radius 3 is 1.79 bits per heavy atom. The van der Waals surface area contributed by atoms with Crippen molar-refractivity contribution in [3.8, 4) is 22.3 Å². The molecule has 0 saturated heterocycles. The first kappa shape index (κ1) is 11.3. The first-order valence-corrected chi connectivity index (χ1v) is 5.88. The lowest BCUT2D eigenvalue weighted by atomic mass is 10.0. The van der Waals surface area contributed by atoms with E-state index in [9.17, 15) is 4.79 Å². The van der Waals surface area contributed by atoms with E-state index in [1.54, 1.807) is 37.2 Å². The van der Waals surface area contributed by atoms with Crippen LogP contribution in [0.2, 0.25) is 0 Å². The van der Waals surface area contributed by atoms with E-state index in [0.717, 1.165) is 11.1 Å². The molecule has 4 heteroatoms. The lowest BCUT2D eigenvalue weighted by molar-refractivity contribution is 1.27. The van der Waals surface area contributed by atoms with Gasteiger partial charge in [0.2, 0.25) is 0 Å². The molecule has 3 heterocycles. The molecule has 0 aromatic carbocycles. The smallest absolute Gasteiger partial charge is 0.197 e. The molecule has 0 aliphatic carbocycles. The van der Waals surface area contributed by atoms with Crippen LogP contribution in [0.25, 0.3) is 22.3 Å². The Labute approximate surface area is 109 Å². The fraction of sp³-hybridized carbons (Fsp3) is 0. The Bertz CT molecular complexity index is 675. The molecule has 0 saturated carbocycles. The van der Waals surface area contributed by atoms with Gasteiger partial charge in [0.05, 0.1) is 0 Å². The number of rotatable bonds is 2. The third-order valence-electron chi connectivity index (χ3n) is 2.89. The lowest BCUT2D eigenvalue weighted by Crippen LogP contribution is -2.08. The summed E-state index contributed by atoms with van der Waals surface area (Å²) in [6, 6.07) is 7.35. The van der Waals surface area contributed by atoms with Crippen molar-refractivity contribution in [2.75, 3.05) is 0 Å². The van der Waals surface area contributed by atoms with E-state index in [0.29, 0.717) is 11.1 Å². The molecule has 3 aromatic heterocycles. The van der Waals surface area contributed by atoms with Gasteiger partial charge in [-0.3, -0.25) is 14.8 Å². The van der Waals surface area contributed by atoms with Crippen molar-refractivity contribution in [3.63, 3.8) is 0 Å². The van der Waals surface area contributed by atoms with Crippen LogP contribution in [0, 0.1) is 0 Å². The third-order valence-corrected chi connectivity index (χ3v) is 2.89. The molecule has 1 N–H and O–H groups in total. The topological polar surface area (TPSA) is 58.6 Å². The molecule has 0 aliphatic heterocycles. The quantitative estimate of drug-likeness (QED) is 0.759. The molecule has 0 spiro atoms. The average Bonchev–Trinajstić information content (AvgIpc) is 2.49. The molecule has 92 valence electrons. The van der Waals surface area contributed by atoms with Crippen molar-refractivity contribution in [1.82, 2.24) is 15.0 Å². The highest BCUT2D eigenvalue weighted by molar-refractivity contribution is 5.70. The van der Waals surface area contributed by atoms with Crippen LogP contribution in [0.15, 0.2) is 66.2 Å². The fourth-order valence-electron chi connectivity index (χ4n) is 1.96. The minimum absolute atomic E-state index is 0.0280. The molecule has 4 nitrogen and oxygen atoms in total. The molecule has 0 amide bonds. The summed E-state index contributed by atoms with van der Waals surface area (Å²) in [7, 11) is 0. The molecule has 0 radical (unpaired) electrons. The number of hydrogen-bond donors (Lipinski definition) is 1. The van der Waals surface area contributed by atoms with Gasteiger partial charge >= 0.3 is 0 Å². The third kappa shape index (κ3) is 2.15. The van der Waals surface area contributed by atoms with Crippen molar-refractivity contribution in [2.24, 2.45) is 0 Å². The maximum Gasteiger partial charge on any atom is 0.197 e. The summed E-state index contributed by atoms with van der Waals surface area (Å²) in [6.45, 7) is 0. The van der Waals surface area contributed by atoms with Crippen molar-refractivity contribution in [1.29, 1.82) is 0 Å². The zero-order chi connectivity index (χ0) is 13.1. The molecule has 0 aliphatic rings. The highest BCUT2D eigenvalue weighted by Gasteiger charge is 2.09. The van der Waals surface area contributed by atoms with Gasteiger partial charge in [-0.1, -0.05) is 12.1 Å². The zero-order valence-corrected chi connectivity index (χ0v) is 10.1. The molecule has 0 atom stereocenters. The average molecular weight is 249 g/mol. The van der Waals surface area contributed by atoms with Crippen LogP contribution < -0.4 is 5.43 Å². The van der Waals surface area contributed by atoms with Crippen LogP contribution in [0.1, 0.15) is 0 Å². The summed E-state index contributed by atoms with van der Waals surface area (Å²) in [5.41, 5.74) is 2.78. The molecule has 3 rings (SSSR count). The van der Waals surface area contributed by atoms with Crippen LogP contribution >= 0.6 is 0 Å². The first-order chi connectivity index (χ1) is 9.36. The summed E-state index contributed by atoms with van der Waals surface area (Å²) >= 11 is 0. The molecule has 19 heavy (non-hydrogen) atoms. The van der Waals surface area contributed by atoms with E-state index in [1.165, 1.54) is 0 Å². The molecular weight excluding hydrogens is 238 g/mol. The van der Waals surface area contributed by atoms with Crippen molar-refractivity contribution in [2.45, 2.75) is 0 Å². The standard InChI is InChI=1S/C15H11N3O/c19-15-13(11-3-1-5-16-7-11)9-18-10-14(15)12-4-2-6-17-8-12/h1-10H,(H,18,19). The molecule has 3 aromatic rings. The Kier molecular flexibility index (Phi) is 2.90. The normalized spacial score (nSPS) is 10.3. The van der Waals surface area contributed by atoms with E-state index in [-0.39, 0.29) is 5.43 Å². The van der Waals surface area contributed by atoms with Crippen molar-refractivity contribution in [3.05, 3.63) is 71.7 Å². The SMILES string of the molecule is O=c1c(-c2cccnc2)c[nH]cc1-c1cccnc1. The highest BCUT2D eigenvalue weighted by Crippen LogP contribution is 2.18. The molecule has 0 fully saturated rings. The van der Waals surface area contributed by atoms with Crippen LogP contribution in [0.4, 0.5) is 0 Å². The van der Waals surface area contributed by atoms with E-state index in [1.807, 2.05) is 24.3 Å². The van der Waals surface area contributed by atoms with Gasteiger partial charge in [-0.15, -0.1) is 0 Å². The van der Waals surface area contributed by atoms with Gasteiger partial charge in [-0.05, 0) is 12.1 Å². The van der Waals surface area contributed by atoms with E-state index in [2.05, 4.69) is 15.0 Å². The summed E-state index contributed by atoms with van der Waals surface area (Å²) in [5, 5.41) is 0. The summed E-state index contributed by atoms with van der Waals surface area (Å²) in [5.74, 6) is 0. The minimum atomic E-state index is -0.0280. The maximum atomic E-state index is 12.5. The second-order valence-corrected chi connectivity index (χ2v) is 4.10. The van der Waals surface area contributed by atoms with Gasteiger partial charge in [-0.2, -0.15) is 0 Å². The first-order valence-electron chi connectivity index (χ1n) is 5.88. The van der Waals surface area contributed by atoms with Gasteiger partial charge in [0.25, 0.3) is 0 Å². The summed E-state index contributed by atoms with van der Waals surface area (Å²) in [6.07, 6.45) is 10.1. The number of aromatic amines is 1. The van der Waals surface area contributed by atoms with Crippen molar-refractivity contribution < 1.29 is 0 Å². The summed E-state index contributed by atoms with van der Waals surface area (Å²) < 4.78 is 0. The monoisotopic (exact) mass is 249 g/mol. The van der Waals surface area contributed by atoms with Crippen LogP contribution in [0.5, 0.6) is 0 Å². The fourth-order valence-corrected chi connectivity index (χ4v) is 1.96. The molecular formula is C15H11N3O. The van der Waals surface area contributed by atoms with Gasteiger partial charge < -0.3 is 4.98 Å². The predicted molar refractivity (Wildman–Crippen MR) is 73.5 cm³/mol. The Morgan fingerprint density at radius 1 is 0.842 bits per heavy atom. The van der Waals surface area contributed by atoms with E-state index < -0.39 is 0 Å². The Hall–Kier alpha value is -2.75. The molecule has 0 unspecified atom stereocenters. The molecule has 0 bridgehead atoms. The number of nitrogens with zero attached hydrogens (tertiary/aromatic N) is 2. The maximum absolute atomic E-state index is 12.5.